The Morgan fingerprint density at radius 1 is 0.362 bits per heavy atom. The van der Waals surface area contributed by atoms with Crippen LogP contribution in [-0.4, -0.2) is 13.7 Å². The molecule has 5 nitrogen and oxygen atoms in total. The van der Waals surface area contributed by atoms with Crippen LogP contribution in [0, 0.1) is 0 Å². The fourth-order valence-corrected chi connectivity index (χ4v) is 9.27. The van der Waals surface area contributed by atoms with E-state index in [9.17, 15) is 4.79 Å². The summed E-state index contributed by atoms with van der Waals surface area (Å²) in [6, 6.07) is 63.7. The van der Waals surface area contributed by atoms with Gasteiger partial charge in [0.05, 0.1) is 33.3 Å². The van der Waals surface area contributed by atoms with Crippen LogP contribution < -0.4 is 11.2 Å². The topological polar surface area (TPSA) is 48.9 Å². The van der Waals surface area contributed by atoms with Crippen LogP contribution in [0.5, 0.6) is 0 Å². The number of benzene rings is 8. The molecule has 0 saturated heterocycles. The van der Waals surface area contributed by atoms with Gasteiger partial charge < -0.3 is 4.57 Å². The first-order chi connectivity index (χ1) is 28.4. The Hall–Kier alpha value is -7.50. The predicted octanol–water partition coefficient (Wildman–Crippen LogP) is 11.9. The lowest BCUT2D eigenvalue weighted by molar-refractivity contribution is 0.661. The summed E-state index contributed by atoms with van der Waals surface area (Å²) in [6.07, 6.45) is 0. The first-order valence-electron chi connectivity index (χ1n) is 19.7. The normalized spacial score (nSPS) is 12.9. The molecule has 1 aliphatic carbocycles. The van der Waals surface area contributed by atoms with Gasteiger partial charge in [-0.05, 0) is 117 Å². The van der Waals surface area contributed by atoms with E-state index in [0.29, 0.717) is 22.3 Å². The van der Waals surface area contributed by atoms with Crippen molar-refractivity contribution >= 4 is 32.7 Å². The van der Waals surface area contributed by atoms with Gasteiger partial charge in [0.15, 0.2) is 0 Å². The molecule has 2 aromatic heterocycles. The molecular formula is C53H37N3O2. The number of hydrogen-bond acceptors (Lipinski definition) is 2. The monoisotopic (exact) mass is 747 g/mol. The third-order valence-corrected chi connectivity index (χ3v) is 12.1. The van der Waals surface area contributed by atoms with E-state index in [2.05, 4.69) is 97.3 Å². The van der Waals surface area contributed by atoms with Crippen LogP contribution in [-0.2, 0) is 5.41 Å². The van der Waals surface area contributed by atoms with Crippen molar-refractivity contribution in [3.05, 3.63) is 220 Å². The van der Waals surface area contributed by atoms with Gasteiger partial charge in [0.25, 0.3) is 5.56 Å². The molecule has 0 spiro atoms. The van der Waals surface area contributed by atoms with Crippen molar-refractivity contribution in [1.29, 1.82) is 0 Å². The van der Waals surface area contributed by atoms with Crippen LogP contribution in [0.3, 0.4) is 0 Å². The molecule has 2 heterocycles. The fourth-order valence-electron chi connectivity index (χ4n) is 9.27. The molecule has 0 bridgehead atoms. The highest BCUT2D eigenvalue weighted by atomic mass is 16.2. The first kappa shape index (κ1) is 33.8. The van der Waals surface area contributed by atoms with Gasteiger partial charge in [-0.15, -0.1) is 0 Å². The number of rotatable bonds is 5. The molecule has 0 aliphatic heterocycles. The summed E-state index contributed by atoms with van der Waals surface area (Å²) in [5.74, 6) is 0. The third-order valence-electron chi connectivity index (χ3n) is 12.1. The van der Waals surface area contributed by atoms with E-state index in [1.807, 2.05) is 109 Å². The van der Waals surface area contributed by atoms with E-state index in [4.69, 9.17) is 0 Å². The van der Waals surface area contributed by atoms with E-state index in [-0.39, 0.29) is 11.0 Å². The van der Waals surface area contributed by atoms with Crippen molar-refractivity contribution in [3.63, 3.8) is 0 Å². The molecule has 0 saturated carbocycles. The summed E-state index contributed by atoms with van der Waals surface area (Å²) < 4.78 is 5.37. The zero-order valence-electron chi connectivity index (χ0n) is 32.1. The van der Waals surface area contributed by atoms with E-state index in [1.54, 1.807) is 4.57 Å². The minimum atomic E-state index is -0.435. The predicted molar refractivity (Wildman–Crippen MR) is 238 cm³/mol. The van der Waals surface area contributed by atoms with Gasteiger partial charge in [0, 0.05) is 21.9 Å². The second-order valence-electron chi connectivity index (χ2n) is 15.7. The maximum absolute atomic E-state index is 15.2. The molecular weight excluding hydrogens is 711 g/mol. The van der Waals surface area contributed by atoms with Crippen LogP contribution in [0.4, 0.5) is 0 Å². The zero-order valence-corrected chi connectivity index (χ0v) is 32.1. The molecule has 0 N–H and O–H groups in total. The minimum Gasteiger partial charge on any atom is -0.309 e. The number of nitrogens with zero attached hydrogens (tertiary/aromatic N) is 3. The first-order valence-corrected chi connectivity index (χ1v) is 19.7. The van der Waals surface area contributed by atoms with Gasteiger partial charge in [0.1, 0.15) is 0 Å². The van der Waals surface area contributed by atoms with E-state index < -0.39 is 5.69 Å². The lowest BCUT2D eigenvalue weighted by atomic mass is 9.82. The summed E-state index contributed by atoms with van der Waals surface area (Å²) in [5.41, 5.74) is 12.9. The van der Waals surface area contributed by atoms with Gasteiger partial charge in [-0.2, -0.15) is 0 Å². The summed E-state index contributed by atoms with van der Waals surface area (Å²) in [7, 11) is 0. The molecule has 0 fully saturated rings. The molecule has 8 aromatic carbocycles. The number of para-hydroxylation sites is 2. The van der Waals surface area contributed by atoms with E-state index in [1.165, 1.54) is 26.8 Å². The van der Waals surface area contributed by atoms with Crippen molar-refractivity contribution in [3.8, 4) is 50.4 Å². The quantitative estimate of drug-likeness (QED) is 0.176. The van der Waals surface area contributed by atoms with Gasteiger partial charge in [-0.1, -0.05) is 129 Å². The maximum Gasteiger partial charge on any atom is 0.340 e. The van der Waals surface area contributed by atoms with Crippen LogP contribution in [0.25, 0.3) is 83.2 Å². The van der Waals surface area contributed by atoms with Gasteiger partial charge >= 0.3 is 5.69 Å². The molecule has 0 amide bonds. The maximum atomic E-state index is 15.2. The summed E-state index contributed by atoms with van der Waals surface area (Å²) in [6.45, 7) is 4.61. The lowest BCUT2D eigenvalue weighted by Crippen LogP contribution is -2.38. The molecule has 276 valence electrons. The van der Waals surface area contributed by atoms with Crippen LogP contribution in [0.1, 0.15) is 25.0 Å². The Kier molecular flexibility index (Phi) is 7.44. The Bertz CT molecular complexity index is 3330. The van der Waals surface area contributed by atoms with Gasteiger partial charge in [0.2, 0.25) is 0 Å². The van der Waals surface area contributed by atoms with Crippen LogP contribution in [0.2, 0.25) is 0 Å². The molecule has 0 unspecified atom stereocenters. The van der Waals surface area contributed by atoms with Crippen LogP contribution >= 0.6 is 0 Å². The Morgan fingerprint density at radius 3 is 1.66 bits per heavy atom. The molecule has 58 heavy (non-hydrogen) atoms. The third kappa shape index (κ3) is 5.03. The van der Waals surface area contributed by atoms with Crippen molar-refractivity contribution in [1.82, 2.24) is 13.7 Å². The van der Waals surface area contributed by atoms with Crippen molar-refractivity contribution in [2.24, 2.45) is 0 Å². The Labute approximate surface area is 335 Å². The summed E-state index contributed by atoms with van der Waals surface area (Å²) in [5, 5.41) is 2.57. The number of fused-ring (bicyclic) bond motifs is 7. The molecule has 0 atom stereocenters. The van der Waals surface area contributed by atoms with Crippen molar-refractivity contribution in [2.75, 3.05) is 0 Å². The smallest absolute Gasteiger partial charge is 0.309 e. The molecule has 1 aliphatic rings. The van der Waals surface area contributed by atoms with Crippen molar-refractivity contribution in [2.45, 2.75) is 19.3 Å². The summed E-state index contributed by atoms with van der Waals surface area (Å²) in [4.78, 5) is 29.8. The number of aromatic nitrogens is 3. The average molecular weight is 748 g/mol. The van der Waals surface area contributed by atoms with E-state index >= 15 is 4.79 Å². The van der Waals surface area contributed by atoms with Gasteiger partial charge in [-0.3, -0.25) is 9.36 Å². The largest absolute Gasteiger partial charge is 0.340 e. The fraction of sp³-hybridized carbons (Fsp3) is 0.0566. The minimum absolute atomic E-state index is 0.165. The second-order valence-corrected chi connectivity index (χ2v) is 15.7. The molecule has 5 heteroatoms. The van der Waals surface area contributed by atoms with Gasteiger partial charge in [-0.25, -0.2) is 9.36 Å². The average Bonchev–Trinajstić information content (AvgIpc) is 3.71. The standard InChI is InChI=1S/C53H37N3O2/c1-53(2)46-24-14-12-22-41(46)43-32-45-44-31-39(26-27-49(44)54(50(45)33-47(43)53)38-20-10-5-11-21-38)55-48-25-15-13-23-42(48)51(57)56(52(55)58)40-29-36(34-16-6-3-7-17-34)28-37(30-40)35-18-8-4-9-19-35/h3-33H,1-2H3. The van der Waals surface area contributed by atoms with E-state index in [0.717, 1.165) is 49.7 Å². The number of hydrogen-bond donors (Lipinski definition) is 0. The SMILES string of the molecule is CC1(C)c2ccccc2-c2cc3c4cc(-n5c(=O)n(-c6cc(-c7ccccc7)cc(-c7ccccc7)c6)c(=O)c6ccccc65)ccc4n(-c4ccccc4)c3cc21. The Balaban J connectivity index is 1.20. The van der Waals surface area contributed by atoms with Crippen molar-refractivity contribution < 1.29 is 0 Å². The zero-order chi connectivity index (χ0) is 39.1. The highest BCUT2D eigenvalue weighted by molar-refractivity contribution is 6.12. The highest BCUT2D eigenvalue weighted by Crippen LogP contribution is 2.51. The van der Waals surface area contributed by atoms with Crippen LogP contribution in [0.15, 0.2) is 198 Å². The Morgan fingerprint density at radius 2 is 0.948 bits per heavy atom. The second kappa shape index (κ2) is 12.8. The molecule has 11 rings (SSSR count). The molecule has 10 aromatic rings. The lowest BCUT2D eigenvalue weighted by Gasteiger charge is -2.21. The molecule has 0 radical (unpaired) electrons. The highest BCUT2D eigenvalue weighted by Gasteiger charge is 2.36. The summed E-state index contributed by atoms with van der Waals surface area (Å²) >= 11 is 0.